The lowest BCUT2D eigenvalue weighted by molar-refractivity contribution is 0.0602. The number of carbonyl (C=O) groups excluding carboxylic acids is 1. The topological polar surface area (TPSA) is 76.6 Å². The summed E-state index contributed by atoms with van der Waals surface area (Å²) in [5, 5.41) is 3.42. The van der Waals surface area contributed by atoms with Gasteiger partial charge < -0.3 is 4.74 Å². The average Bonchev–Trinajstić information content (AvgIpc) is 3.07. The normalized spacial score (nSPS) is 11.8. The van der Waals surface area contributed by atoms with Gasteiger partial charge in [0.15, 0.2) is 0 Å². The number of hydrogen-bond donors (Lipinski definition) is 0. The first-order valence-electron chi connectivity index (χ1n) is 5.87. The zero-order chi connectivity index (χ0) is 15.6. The van der Waals surface area contributed by atoms with Gasteiger partial charge in [-0.1, -0.05) is 0 Å². The molecule has 2 heterocycles. The van der Waals surface area contributed by atoms with Crippen molar-refractivity contribution >= 4 is 38.7 Å². The predicted octanol–water partition coefficient (Wildman–Crippen LogP) is 2.12. The highest BCUT2D eigenvalue weighted by Gasteiger charge is 2.31. The van der Waals surface area contributed by atoms with Gasteiger partial charge in [0.2, 0.25) is 10.0 Å². The molecule has 6 nitrogen and oxygen atoms in total. The van der Waals surface area contributed by atoms with E-state index in [0.717, 1.165) is 11.3 Å². The van der Waals surface area contributed by atoms with Crippen LogP contribution in [0.3, 0.4) is 0 Å². The Morgan fingerprint density at radius 1 is 1.43 bits per heavy atom. The van der Waals surface area contributed by atoms with Gasteiger partial charge in [0.25, 0.3) is 0 Å². The van der Waals surface area contributed by atoms with Crippen LogP contribution in [0.2, 0.25) is 0 Å². The van der Waals surface area contributed by atoms with E-state index in [9.17, 15) is 13.2 Å². The van der Waals surface area contributed by atoms with Gasteiger partial charge in [0.1, 0.15) is 9.77 Å². The Morgan fingerprint density at radius 3 is 2.71 bits per heavy atom. The zero-order valence-corrected chi connectivity index (χ0v) is 14.1. The minimum atomic E-state index is -3.78. The summed E-state index contributed by atoms with van der Waals surface area (Å²) < 4.78 is 31.2. The van der Waals surface area contributed by atoms with E-state index in [0.29, 0.717) is 11.3 Å². The maximum Gasteiger partial charge on any atom is 0.349 e. The van der Waals surface area contributed by atoms with Gasteiger partial charge in [-0.15, -0.1) is 22.7 Å². The Bertz CT molecular complexity index is 735. The summed E-state index contributed by atoms with van der Waals surface area (Å²) in [5.41, 5.74) is 2.84. The molecule has 0 amide bonds. The first kappa shape index (κ1) is 16.1. The molecule has 2 rings (SSSR count). The molecule has 114 valence electrons. The van der Waals surface area contributed by atoms with Crippen molar-refractivity contribution in [1.29, 1.82) is 0 Å². The molecule has 0 aliphatic heterocycles. The summed E-state index contributed by atoms with van der Waals surface area (Å²) >= 11 is 2.47. The molecule has 0 spiro atoms. The van der Waals surface area contributed by atoms with Crippen LogP contribution in [0.4, 0.5) is 0 Å². The van der Waals surface area contributed by atoms with Crippen molar-refractivity contribution in [2.24, 2.45) is 0 Å². The van der Waals surface area contributed by atoms with E-state index in [4.69, 9.17) is 0 Å². The van der Waals surface area contributed by atoms with Crippen LogP contribution in [0, 0.1) is 6.92 Å². The van der Waals surface area contributed by atoms with Crippen molar-refractivity contribution < 1.29 is 17.9 Å². The first-order chi connectivity index (χ1) is 9.87. The van der Waals surface area contributed by atoms with Gasteiger partial charge in [0.05, 0.1) is 24.9 Å². The quantitative estimate of drug-likeness (QED) is 0.775. The molecule has 0 aliphatic rings. The summed E-state index contributed by atoms with van der Waals surface area (Å²) in [6.07, 6.45) is 0. The highest BCUT2D eigenvalue weighted by Crippen LogP contribution is 2.30. The van der Waals surface area contributed by atoms with E-state index in [-0.39, 0.29) is 16.3 Å². The molecule has 0 atom stereocenters. The fourth-order valence-corrected chi connectivity index (χ4v) is 5.11. The molecule has 0 aromatic carbocycles. The lowest BCUT2D eigenvalue weighted by atomic mass is 10.3. The van der Waals surface area contributed by atoms with Crippen LogP contribution < -0.4 is 0 Å². The number of rotatable bonds is 5. The molecule has 0 saturated carbocycles. The maximum atomic E-state index is 12.7. The Morgan fingerprint density at radius 2 is 2.14 bits per heavy atom. The second-order valence-electron chi connectivity index (χ2n) is 4.31. The van der Waals surface area contributed by atoms with Crippen molar-refractivity contribution in [3.63, 3.8) is 0 Å². The molecule has 0 N–H and O–H groups in total. The van der Waals surface area contributed by atoms with Crippen molar-refractivity contribution in [1.82, 2.24) is 9.29 Å². The molecule has 0 radical (unpaired) electrons. The number of hydrogen-bond acceptors (Lipinski definition) is 7. The van der Waals surface area contributed by atoms with Gasteiger partial charge in [0, 0.05) is 12.4 Å². The Hall–Kier alpha value is -1.29. The Labute approximate surface area is 131 Å². The van der Waals surface area contributed by atoms with Gasteiger partial charge in [-0.2, -0.15) is 4.31 Å². The predicted molar refractivity (Wildman–Crippen MR) is 81.2 cm³/mol. The minimum absolute atomic E-state index is 0.0112. The number of methoxy groups -OCH3 is 1. The summed E-state index contributed by atoms with van der Waals surface area (Å²) in [6.45, 7) is 1.81. The van der Waals surface area contributed by atoms with Gasteiger partial charge in [-0.3, -0.25) is 0 Å². The fourth-order valence-electron chi connectivity index (χ4n) is 1.77. The van der Waals surface area contributed by atoms with Gasteiger partial charge >= 0.3 is 5.97 Å². The van der Waals surface area contributed by atoms with Crippen LogP contribution in [0.5, 0.6) is 0 Å². The summed E-state index contributed by atoms with van der Waals surface area (Å²) in [6, 6.07) is 0. The van der Waals surface area contributed by atoms with E-state index in [1.54, 1.807) is 23.2 Å². The van der Waals surface area contributed by atoms with Crippen molar-refractivity contribution in [3.05, 3.63) is 32.4 Å². The molecule has 21 heavy (non-hydrogen) atoms. The molecule has 2 aromatic rings. The summed E-state index contributed by atoms with van der Waals surface area (Å²) in [4.78, 5) is 15.9. The van der Waals surface area contributed by atoms with Gasteiger partial charge in [-0.25, -0.2) is 18.2 Å². The smallest absolute Gasteiger partial charge is 0.349 e. The fraction of sp³-hybridized carbons (Fsp3) is 0.333. The molecule has 0 fully saturated rings. The lowest BCUT2D eigenvalue weighted by Gasteiger charge is -2.17. The van der Waals surface area contributed by atoms with E-state index in [1.165, 1.54) is 29.8 Å². The number of ether oxygens (including phenoxy) is 1. The molecule has 9 heteroatoms. The van der Waals surface area contributed by atoms with E-state index in [1.807, 2.05) is 0 Å². The van der Waals surface area contributed by atoms with Crippen molar-refractivity contribution in [2.75, 3.05) is 14.2 Å². The summed E-state index contributed by atoms with van der Waals surface area (Å²) in [7, 11) is -1.09. The maximum absolute atomic E-state index is 12.7. The number of nitrogens with zero attached hydrogens (tertiary/aromatic N) is 2. The highest BCUT2D eigenvalue weighted by atomic mass is 32.2. The molecule has 2 aromatic heterocycles. The second-order valence-corrected chi connectivity index (χ2v) is 7.89. The SMILES string of the molecule is COC(=O)c1scc(C)c1S(=O)(=O)N(C)Cc1cscn1. The number of thiophene rings is 1. The van der Waals surface area contributed by atoms with Gasteiger partial charge in [-0.05, 0) is 17.9 Å². The molecule has 0 bridgehead atoms. The van der Waals surface area contributed by atoms with Crippen LogP contribution in [-0.4, -0.2) is 37.8 Å². The number of sulfonamides is 1. The standard InChI is InChI=1S/C12H14N2O4S3/c1-8-5-20-10(12(15)18-3)11(8)21(16,17)14(2)4-9-6-19-7-13-9/h5-7H,4H2,1-3H3. The minimum Gasteiger partial charge on any atom is -0.465 e. The molecule has 0 unspecified atom stereocenters. The zero-order valence-electron chi connectivity index (χ0n) is 11.7. The number of carbonyl (C=O) groups is 1. The number of aromatic nitrogens is 1. The molecular weight excluding hydrogens is 332 g/mol. The van der Waals surface area contributed by atoms with Crippen molar-refractivity contribution in [3.8, 4) is 0 Å². The van der Waals surface area contributed by atoms with Crippen LogP contribution in [-0.2, 0) is 21.3 Å². The monoisotopic (exact) mass is 346 g/mol. The Balaban J connectivity index is 2.39. The molecular formula is C12H14N2O4S3. The number of aryl methyl sites for hydroxylation is 1. The second kappa shape index (κ2) is 6.22. The van der Waals surface area contributed by atoms with Crippen LogP contribution >= 0.6 is 22.7 Å². The van der Waals surface area contributed by atoms with Crippen LogP contribution in [0.15, 0.2) is 21.2 Å². The third-order valence-electron chi connectivity index (χ3n) is 2.83. The Kier molecular flexibility index (Phi) is 4.77. The lowest BCUT2D eigenvalue weighted by Crippen LogP contribution is -2.28. The first-order valence-corrected chi connectivity index (χ1v) is 9.14. The van der Waals surface area contributed by atoms with E-state index < -0.39 is 16.0 Å². The van der Waals surface area contributed by atoms with Crippen LogP contribution in [0.1, 0.15) is 20.9 Å². The van der Waals surface area contributed by atoms with Crippen LogP contribution in [0.25, 0.3) is 0 Å². The number of thiazole rings is 1. The highest BCUT2D eigenvalue weighted by molar-refractivity contribution is 7.89. The van der Waals surface area contributed by atoms with E-state index in [2.05, 4.69) is 9.72 Å². The third-order valence-corrected chi connectivity index (χ3v) is 6.66. The summed E-state index contributed by atoms with van der Waals surface area (Å²) in [5.74, 6) is -0.645. The van der Waals surface area contributed by atoms with E-state index >= 15 is 0 Å². The average molecular weight is 346 g/mol. The largest absolute Gasteiger partial charge is 0.465 e. The molecule has 0 aliphatic carbocycles. The third kappa shape index (κ3) is 3.15. The van der Waals surface area contributed by atoms with Crippen molar-refractivity contribution in [2.45, 2.75) is 18.4 Å². The number of esters is 1. The molecule has 0 saturated heterocycles.